The minimum atomic E-state index is 0.00684. The van der Waals surface area contributed by atoms with Crippen molar-refractivity contribution in [2.45, 2.75) is 31.6 Å². The molecular weight excluding hydrogens is 286 g/mol. The Morgan fingerprint density at radius 1 is 1.41 bits per heavy atom. The Hall–Kier alpha value is -1.47. The molecule has 0 bridgehead atoms. The average Bonchev–Trinajstić information content (AvgIpc) is 3.10. The van der Waals surface area contributed by atoms with E-state index in [1.807, 2.05) is 11.8 Å². The quantitative estimate of drug-likeness (QED) is 0.752. The molecule has 2 aliphatic rings. The van der Waals surface area contributed by atoms with Crippen LogP contribution < -0.4 is 0 Å². The van der Waals surface area contributed by atoms with Crippen LogP contribution >= 0.6 is 0 Å². The zero-order chi connectivity index (χ0) is 15.5. The van der Waals surface area contributed by atoms with Crippen molar-refractivity contribution in [1.82, 2.24) is 15.0 Å². The van der Waals surface area contributed by atoms with Crippen LogP contribution in [-0.2, 0) is 14.3 Å². The number of rotatable bonds is 7. The van der Waals surface area contributed by atoms with Crippen molar-refractivity contribution in [3.63, 3.8) is 0 Å². The van der Waals surface area contributed by atoms with Crippen molar-refractivity contribution in [1.29, 1.82) is 0 Å². The topological polar surface area (TPSA) is 77.7 Å². The highest BCUT2D eigenvalue weighted by Crippen LogP contribution is 2.40. The van der Waals surface area contributed by atoms with Crippen LogP contribution in [0.5, 0.6) is 0 Å². The van der Waals surface area contributed by atoms with Gasteiger partial charge in [0.05, 0.1) is 12.5 Å². The highest BCUT2D eigenvalue weighted by Gasteiger charge is 2.40. The number of aromatic nitrogens is 2. The number of amides is 1. The van der Waals surface area contributed by atoms with Crippen LogP contribution in [0.4, 0.5) is 0 Å². The monoisotopic (exact) mass is 309 g/mol. The van der Waals surface area contributed by atoms with Crippen LogP contribution in [0.15, 0.2) is 4.52 Å². The van der Waals surface area contributed by atoms with E-state index in [4.69, 9.17) is 14.0 Å². The minimum absolute atomic E-state index is 0.00684. The molecule has 0 unspecified atom stereocenters. The lowest BCUT2D eigenvalue weighted by Crippen LogP contribution is -2.32. The molecule has 22 heavy (non-hydrogen) atoms. The molecule has 7 heteroatoms. The highest BCUT2D eigenvalue weighted by atomic mass is 16.5. The molecule has 2 fully saturated rings. The molecule has 0 radical (unpaired) electrons. The first-order chi connectivity index (χ1) is 10.7. The summed E-state index contributed by atoms with van der Waals surface area (Å²) in [4.78, 5) is 18.5. The van der Waals surface area contributed by atoms with Gasteiger partial charge in [-0.05, 0) is 19.8 Å². The Bertz CT molecular complexity index is 515. The fraction of sp³-hybridized carbons (Fsp3) is 0.800. The number of likely N-dealkylation sites (tertiary alicyclic amines) is 1. The van der Waals surface area contributed by atoms with Crippen molar-refractivity contribution in [3.8, 4) is 0 Å². The Kier molecular flexibility index (Phi) is 4.73. The normalized spacial score (nSPS) is 24.9. The molecule has 1 aromatic heterocycles. The van der Waals surface area contributed by atoms with Crippen molar-refractivity contribution < 1.29 is 18.8 Å². The van der Waals surface area contributed by atoms with Crippen LogP contribution in [0.2, 0.25) is 0 Å². The molecule has 1 aliphatic carbocycles. The van der Waals surface area contributed by atoms with Gasteiger partial charge in [-0.1, -0.05) is 5.16 Å². The van der Waals surface area contributed by atoms with E-state index in [-0.39, 0.29) is 24.3 Å². The zero-order valence-corrected chi connectivity index (χ0v) is 13.2. The van der Waals surface area contributed by atoms with Crippen molar-refractivity contribution in [2.24, 2.45) is 5.92 Å². The second kappa shape index (κ2) is 6.75. The summed E-state index contributed by atoms with van der Waals surface area (Å²) in [5, 5.41) is 4.08. The van der Waals surface area contributed by atoms with Gasteiger partial charge < -0.3 is 18.9 Å². The number of carbonyl (C=O) groups is 1. The summed E-state index contributed by atoms with van der Waals surface area (Å²) in [6.07, 6.45) is 2.29. The number of carbonyl (C=O) groups excluding carboxylic acids is 1. The maximum absolute atomic E-state index is 12.1. The third-order valence-electron chi connectivity index (χ3n) is 4.32. The molecule has 1 saturated heterocycles. The molecule has 2 heterocycles. The highest BCUT2D eigenvalue weighted by molar-refractivity contribution is 5.77. The summed E-state index contributed by atoms with van der Waals surface area (Å²) >= 11 is 0. The van der Waals surface area contributed by atoms with E-state index in [2.05, 4.69) is 10.1 Å². The lowest BCUT2D eigenvalue weighted by atomic mass is 9.97. The lowest BCUT2D eigenvalue weighted by Gasteiger charge is -2.15. The maximum Gasteiger partial charge on any atom is 0.248 e. The van der Waals surface area contributed by atoms with Gasteiger partial charge in [0, 0.05) is 38.6 Å². The second-order valence-corrected chi connectivity index (χ2v) is 6.02. The van der Waals surface area contributed by atoms with Gasteiger partial charge >= 0.3 is 0 Å². The fourth-order valence-corrected chi connectivity index (χ4v) is 2.92. The van der Waals surface area contributed by atoms with Crippen LogP contribution in [0.1, 0.15) is 43.3 Å². The third kappa shape index (κ3) is 3.30. The molecule has 0 aromatic carbocycles. The first kappa shape index (κ1) is 15.4. The van der Waals surface area contributed by atoms with Crippen molar-refractivity contribution in [2.75, 3.05) is 40.0 Å². The first-order valence-electron chi connectivity index (χ1n) is 7.90. The summed E-state index contributed by atoms with van der Waals surface area (Å²) < 4.78 is 16.0. The Morgan fingerprint density at radius 2 is 2.23 bits per heavy atom. The van der Waals surface area contributed by atoms with E-state index in [0.717, 1.165) is 18.7 Å². The van der Waals surface area contributed by atoms with Crippen LogP contribution in [0, 0.1) is 5.92 Å². The minimum Gasteiger partial charge on any atom is -0.384 e. The number of ether oxygens (including phenoxy) is 2. The molecule has 122 valence electrons. The van der Waals surface area contributed by atoms with Gasteiger partial charge in [-0.3, -0.25) is 4.79 Å². The second-order valence-electron chi connectivity index (χ2n) is 6.02. The van der Waals surface area contributed by atoms with E-state index in [1.54, 1.807) is 7.11 Å². The fourth-order valence-electron chi connectivity index (χ4n) is 2.92. The molecule has 0 N–H and O–H groups in total. The molecule has 1 amide bonds. The van der Waals surface area contributed by atoms with Gasteiger partial charge in [0.15, 0.2) is 5.82 Å². The SMILES string of the molecule is CCOCC(=O)N1C[C@@H](COC)[C@H](c2nc(C3CC3)no2)C1. The van der Waals surface area contributed by atoms with E-state index >= 15 is 0 Å². The molecule has 2 atom stereocenters. The maximum atomic E-state index is 12.1. The molecule has 7 nitrogen and oxygen atoms in total. The number of hydrogen-bond donors (Lipinski definition) is 0. The number of hydrogen-bond acceptors (Lipinski definition) is 6. The Morgan fingerprint density at radius 3 is 2.91 bits per heavy atom. The van der Waals surface area contributed by atoms with Gasteiger partial charge in [0.2, 0.25) is 11.8 Å². The molecule has 1 aliphatic heterocycles. The van der Waals surface area contributed by atoms with Crippen LogP contribution in [0.25, 0.3) is 0 Å². The van der Waals surface area contributed by atoms with Gasteiger partial charge in [0.1, 0.15) is 6.61 Å². The van der Waals surface area contributed by atoms with E-state index < -0.39 is 0 Å². The third-order valence-corrected chi connectivity index (χ3v) is 4.32. The summed E-state index contributed by atoms with van der Waals surface area (Å²) in [6.45, 7) is 4.35. The molecule has 3 rings (SSSR count). The molecule has 1 saturated carbocycles. The standard InChI is InChI=1S/C15H23N3O4/c1-3-21-9-13(19)18-6-11(8-20-2)12(7-18)15-16-14(17-22-15)10-4-5-10/h10-12H,3-9H2,1-2H3/t11-,12+/m0/s1. The molecule has 0 spiro atoms. The number of nitrogens with zero attached hydrogens (tertiary/aromatic N) is 3. The van der Waals surface area contributed by atoms with E-state index in [9.17, 15) is 4.79 Å². The largest absolute Gasteiger partial charge is 0.384 e. The molecule has 1 aromatic rings. The van der Waals surface area contributed by atoms with E-state index in [0.29, 0.717) is 38.1 Å². The van der Waals surface area contributed by atoms with Crippen molar-refractivity contribution in [3.05, 3.63) is 11.7 Å². The lowest BCUT2D eigenvalue weighted by molar-refractivity contribution is -0.135. The Balaban J connectivity index is 1.68. The van der Waals surface area contributed by atoms with Crippen molar-refractivity contribution >= 4 is 5.91 Å². The predicted molar refractivity (Wildman–Crippen MR) is 77.5 cm³/mol. The number of methoxy groups -OCH3 is 1. The van der Waals surface area contributed by atoms with Gasteiger partial charge in [-0.25, -0.2) is 0 Å². The predicted octanol–water partition coefficient (Wildman–Crippen LogP) is 1.17. The summed E-state index contributed by atoms with van der Waals surface area (Å²) in [6, 6.07) is 0. The molecular formula is C15H23N3O4. The summed E-state index contributed by atoms with van der Waals surface area (Å²) in [7, 11) is 1.67. The summed E-state index contributed by atoms with van der Waals surface area (Å²) in [5.41, 5.74) is 0. The van der Waals surface area contributed by atoms with Gasteiger partial charge in [-0.2, -0.15) is 4.98 Å². The summed E-state index contributed by atoms with van der Waals surface area (Å²) in [5.74, 6) is 2.15. The first-order valence-corrected chi connectivity index (χ1v) is 7.90. The van der Waals surface area contributed by atoms with E-state index in [1.165, 1.54) is 0 Å². The van der Waals surface area contributed by atoms with Gasteiger partial charge in [0.25, 0.3) is 0 Å². The van der Waals surface area contributed by atoms with Gasteiger partial charge in [-0.15, -0.1) is 0 Å². The smallest absolute Gasteiger partial charge is 0.248 e. The zero-order valence-electron chi connectivity index (χ0n) is 13.2. The van der Waals surface area contributed by atoms with Crippen LogP contribution in [-0.4, -0.2) is 61.0 Å². The average molecular weight is 309 g/mol. The van der Waals surface area contributed by atoms with Crippen LogP contribution in [0.3, 0.4) is 0 Å². The Labute approximate surface area is 129 Å².